The van der Waals surface area contributed by atoms with Gasteiger partial charge in [0, 0.05) is 20.3 Å². The van der Waals surface area contributed by atoms with E-state index in [4.69, 9.17) is 0 Å². The van der Waals surface area contributed by atoms with E-state index in [9.17, 15) is 9.59 Å². The summed E-state index contributed by atoms with van der Waals surface area (Å²) in [6.07, 6.45) is 3.89. The Hall–Kier alpha value is -2.56. The van der Waals surface area contributed by atoms with Crippen molar-refractivity contribution in [3.63, 3.8) is 0 Å². The molecule has 106 valence electrons. The molecule has 1 amide bonds. The van der Waals surface area contributed by atoms with Crippen molar-refractivity contribution < 1.29 is 9.59 Å². The molecule has 0 saturated heterocycles. The first-order valence-electron chi connectivity index (χ1n) is 6.16. The quantitative estimate of drug-likeness (QED) is 0.358. The number of anilines is 1. The van der Waals surface area contributed by atoms with Crippen LogP contribution in [0.2, 0.25) is 0 Å². The summed E-state index contributed by atoms with van der Waals surface area (Å²) in [7, 11) is 3.62. The van der Waals surface area contributed by atoms with Crippen molar-refractivity contribution in [3.8, 4) is 0 Å². The minimum Gasteiger partial charge on any atom is -0.383 e. The third-order valence-corrected chi connectivity index (χ3v) is 2.32. The van der Waals surface area contributed by atoms with E-state index >= 15 is 0 Å². The van der Waals surface area contributed by atoms with Gasteiger partial charge in [0.05, 0.1) is 11.3 Å². The fourth-order valence-electron chi connectivity index (χ4n) is 1.44. The zero-order chi connectivity index (χ0) is 15.0. The second kappa shape index (κ2) is 7.78. The molecule has 2 N–H and O–H groups in total. The number of para-hydroxylation sites is 1. The van der Waals surface area contributed by atoms with Gasteiger partial charge in [-0.05, 0) is 30.7 Å². The maximum absolute atomic E-state index is 12.1. The minimum atomic E-state index is -0.316. The first-order chi connectivity index (χ1) is 9.52. The Morgan fingerprint density at radius 2 is 1.85 bits per heavy atom. The van der Waals surface area contributed by atoms with Gasteiger partial charge in [0.15, 0.2) is 0 Å². The lowest BCUT2D eigenvalue weighted by atomic mass is 10.2. The first kappa shape index (κ1) is 15.5. The number of allylic oxidation sites excluding steroid dienone is 1. The van der Waals surface area contributed by atoms with Crippen LogP contribution in [-0.4, -0.2) is 31.2 Å². The fraction of sp³-hybridized carbons (Fsp3) is 0.200. The van der Waals surface area contributed by atoms with E-state index in [-0.39, 0.29) is 5.91 Å². The van der Waals surface area contributed by atoms with Crippen molar-refractivity contribution in [3.05, 3.63) is 53.8 Å². The summed E-state index contributed by atoms with van der Waals surface area (Å²) in [4.78, 5) is 24.5. The number of hydrogen-bond acceptors (Lipinski definition) is 4. The van der Waals surface area contributed by atoms with Crippen molar-refractivity contribution in [2.45, 2.75) is 6.92 Å². The normalized spacial score (nSPS) is 11.8. The zero-order valence-corrected chi connectivity index (χ0v) is 11.9. The number of nitrogens with zero attached hydrogens (tertiary/aromatic N) is 1. The molecule has 0 aliphatic carbocycles. The van der Waals surface area contributed by atoms with Crippen LogP contribution < -0.4 is 10.9 Å². The molecular weight excluding hydrogens is 254 g/mol. The molecule has 1 rings (SSSR count). The molecule has 0 unspecified atom stereocenters. The van der Waals surface area contributed by atoms with E-state index in [1.54, 1.807) is 18.0 Å². The first-order valence-corrected chi connectivity index (χ1v) is 6.16. The lowest BCUT2D eigenvalue weighted by molar-refractivity contribution is -0.116. The Morgan fingerprint density at radius 1 is 1.20 bits per heavy atom. The smallest absolute Gasteiger partial charge is 0.271 e. The number of aldehydes is 1. The summed E-state index contributed by atoms with van der Waals surface area (Å²) in [6, 6.07) is 9.29. The predicted molar refractivity (Wildman–Crippen MR) is 79.8 cm³/mol. The Balaban J connectivity index is 2.77. The van der Waals surface area contributed by atoms with Gasteiger partial charge in [-0.2, -0.15) is 0 Å². The van der Waals surface area contributed by atoms with Gasteiger partial charge in [0.1, 0.15) is 6.29 Å². The third-order valence-electron chi connectivity index (χ3n) is 2.32. The Morgan fingerprint density at radius 3 is 2.40 bits per heavy atom. The maximum Gasteiger partial charge on any atom is 0.271 e. The van der Waals surface area contributed by atoms with Crippen LogP contribution in [0.1, 0.15) is 6.92 Å². The second-order valence-corrected chi connectivity index (χ2v) is 4.50. The Kier molecular flexibility index (Phi) is 6.03. The standard InChI is InChI=1S/C15H19N3O2/c1-12(11-19)9-13(10-18(2)3)15(20)17-16-14-7-5-4-6-8-14/h4-11,16H,1-3H3,(H,17,20)/b12-9-,13-10+. The highest BCUT2D eigenvalue weighted by atomic mass is 16.2. The van der Waals surface area contributed by atoms with Crippen molar-refractivity contribution >= 4 is 17.9 Å². The number of amides is 1. The number of rotatable bonds is 6. The van der Waals surface area contributed by atoms with Crippen LogP contribution in [0.4, 0.5) is 5.69 Å². The average molecular weight is 273 g/mol. The van der Waals surface area contributed by atoms with Crippen molar-refractivity contribution in [1.82, 2.24) is 10.3 Å². The number of nitrogens with one attached hydrogen (secondary N) is 2. The lowest BCUT2D eigenvalue weighted by Crippen LogP contribution is -2.31. The monoisotopic (exact) mass is 273 g/mol. The van der Waals surface area contributed by atoms with Crippen molar-refractivity contribution in [2.75, 3.05) is 19.5 Å². The van der Waals surface area contributed by atoms with Gasteiger partial charge in [0.25, 0.3) is 5.91 Å². The van der Waals surface area contributed by atoms with E-state index < -0.39 is 0 Å². The van der Waals surface area contributed by atoms with E-state index in [0.717, 1.165) is 5.69 Å². The summed E-state index contributed by atoms with van der Waals surface area (Å²) < 4.78 is 0. The predicted octanol–water partition coefficient (Wildman–Crippen LogP) is 1.72. The molecule has 0 bridgehead atoms. The SMILES string of the molecule is C/C(C=O)=C/C(=C\N(C)C)C(=O)NNc1ccccc1. The molecule has 0 aliphatic rings. The second-order valence-electron chi connectivity index (χ2n) is 4.50. The summed E-state index contributed by atoms with van der Waals surface area (Å²) in [5.41, 5.74) is 7.05. The fourth-order valence-corrected chi connectivity index (χ4v) is 1.44. The molecule has 0 radical (unpaired) electrons. The van der Waals surface area contributed by atoms with Gasteiger partial charge in [-0.1, -0.05) is 18.2 Å². The van der Waals surface area contributed by atoms with Gasteiger partial charge in [-0.15, -0.1) is 0 Å². The van der Waals surface area contributed by atoms with Gasteiger partial charge >= 0.3 is 0 Å². The minimum absolute atomic E-state index is 0.316. The van der Waals surface area contributed by atoms with Crippen LogP contribution in [0.5, 0.6) is 0 Å². The van der Waals surface area contributed by atoms with Crippen LogP contribution in [0.15, 0.2) is 53.8 Å². The maximum atomic E-state index is 12.1. The number of benzene rings is 1. The zero-order valence-electron chi connectivity index (χ0n) is 11.9. The molecule has 5 heteroatoms. The highest BCUT2D eigenvalue weighted by Gasteiger charge is 2.07. The molecule has 20 heavy (non-hydrogen) atoms. The molecular formula is C15H19N3O2. The molecule has 0 atom stereocenters. The summed E-state index contributed by atoms with van der Waals surface area (Å²) in [6.45, 7) is 1.65. The van der Waals surface area contributed by atoms with E-state index in [0.29, 0.717) is 17.4 Å². The lowest BCUT2D eigenvalue weighted by Gasteiger charge is -2.11. The molecule has 0 aromatic heterocycles. The molecule has 5 nitrogen and oxygen atoms in total. The van der Waals surface area contributed by atoms with Gasteiger partial charge in [0.2, 0.25) is 0 Å². The molecule has 0 heterocycles. The summed E-state index contributed by atoms with van der Waals surface area (Å²) in [5, 5.41) is 0. The number of carbonyl (C=O) groups excluding carboxylic acids is 2. The number of hydrazine groups is 1. The van der Waals surface area contributed by atoms with Crippen LogP contribution in [0.3, 0.4) is 0 Å². The Bertz CT molecular complexity index is 519. The number of carbonyl (C=O) groups is 2. The molecule has 0 spiro atoms. The van der Waals surface area contributed by atoms with Crippen LogP contribution in [0, 0.1) is 0 Å². The average Bonchev–Trinajstić information content (AvgIpc) is 2.44. The molecule has 1 aromatic rings. The highest BCUT2D eigenvalue weighted by Crippen LogP contribution is 2.05. The van der Waals surface area contributed by atoms with Crippen LogP contribution >= 0.6 is 0 Å². The highest BCUT2D eigenvalue weighted by molar-refractivity contribution is 5.97. The molecule has 0 saturated carbocycles. The molecule has 1 aromatic carbocycles. The Labute approximate surface area is 118 Å². The number of hydrogen-bond donors (Lipinski definition) is 2. The van der Waals surface area contributed by atoms with Gasteiger partial charge < -0.3 is 4.90 Å². The largest absolute Gasteiger partial charge is 0.383 e. The summed E-state index contributed by atoms with van der Waals surface area (Å²) >= 11 is 0. The van der Waals surface area contributed by atoms with Gasteiger partial charge in [-0.25, -0.2) is 0 Å². The van der Waals surface area contributed by atoms with Crippen molar-refractivity contribution in [2.24, 2.45) is 0 Å². The van der Waals surface area contributed by atoms with Crippen molar-refractivity contribution in [1.29, 1.82) is 0 Å². The van der Waals surface area contributed by atoms with E-state index in [2.05, 4.69) is 10.9 Å². The van der Waals surface area contributed by atoms with E-state index in [1.807, 2.05) is 44.4 Å². The summed E-state index contributed by atoms with van der Waals surface area (Å²) in [5.74, 6) is -0.316. The van der Waals surface area contributed by atoms with Crippen LogP contribution in [0.25, 0.3) is 0 Å². The van der Waals surface area contributed by atoms with E-state index in [1.165, 1.54) is 6.08 Å². The van der Waals surface area contributed by atoms with Gasteiger partial charge in [-0.3, -0.25) is 20.4 Å². The molecule has 0 aliphatic heterocycles. The topological polar surface area (TPSA) is 61.4 Å². The molecule has 0 fully saturated rings. The van der Waals surface area contributed by atoms with Crippen LogP contribution in [-0.2, 0) is 9.59 Å². The third kappa shape index (κ3) is 5.39.